The third kappa shape index (κ3) is 1.87. The zero-order valence-electron chi connectivity index (χ0n) is 13.4. The highest BCUT2D eigenvalue weighted by Gasteiger charge is 2.20. The summed E-state index contributed by atoms with van der Waals surface area (Å²) in [7, 11) is 2.08. The zero-order valence-corrected chi connectivity index (χ0v) is 15.0. The fourth-order valence-corrected chi connectivity index (χ4v) is 6.20. The van der Waals surface area contributed by atoms with Crippen LogP contribution in [0.4, 0.5) is 0 Å². The first-order chi connectivity index (χ1) is 11.7. The van der Waals surface area contributed by atoms with E-state index in [-0.39, 0.29) is 0 Å². The molecule has 0 N–H and O–H groups in total. The Labute approximate surface area is 147 Å². The maximum absolute atomic E-state index is 4.35. The maximum Gasteiger partial charge on any atom is 0.232 e. The monoisotopic (exact) mass is 347 g/mol. The van der Waals surface area contributed by atoms with Crippen molar-refractivity contribution in [3.05, 3.63) is 60.6 Å². The van der Waals surface area contributed by atoms with Gasteiger partial charge in [-0.3, -0.25) is 4.98 Å². The van der Waals surface area contributed by atoms with Gasteiger partial charge < -0.3 is 0 Å². The molecular formula is C20H15N2S2+. The van der Waals surface area contributed by atoms with Gasteiger partial charge in [0, 0.05) is 15.5 Å². The molecule has 5 aromatic rings. The van der Waals surface area contributed by atoms with Crippen molar-refractivity contribution in [1.29, 1.82) is 0 Å². The fourth-order valence-electron chi connectivity index (χ4n) is 3.35. The molecule has 0 aliphatic heterocycles. The van der Waals surface area contributed by atoms with Gasteiger partial charge >= 0.3 is 0 Å². The van der Waals surface area contributed by atoms with Gasteiger partial charge in [0.25, 0.3) is 0 Å². The number of nitrogens with zero attached hydrogens (tertiary/aromatic N) is 2. The predicted octanol–water partition coefficient (Wildman–Crippen LogP) is 5.46. The van der Waals surface area contributed by atoms with Crippen molar-refractivity contribution in [2.24, 2.45) is 7.05 Å². The molecule has 0 fully saturated rings. The molecule has 2 nitrogen and oxygen atoms in total. The number of hydrogen-bond donors (Lipinski definition) is 0. The van der Waals surface area contributed by atoms with Gasteiger partial charge in [0.15, 0.2) is 6.20 Å². The summed E-state index contributed by atoms with van der Waals surface area (Å²) in [6, 6.07) is 13.2. The molecule has 0 bridgehead atoms. The van der Waals surface area contributed by atoms with E-state index in [1.54, 1.807) is 0 Å². The number of aromatic nitrogens is 2. The largest absolute Gasteiger partial charge is 0.252 e. The lowest BCUT2D eigenvalue weighted by molar-refractivity contribution is -0.660. The summed E-state index contributed by atoms with van der Waals surface area (Å²) in [5, 5.41) is 2.73. The molecule has 0 aliphatic carbocycles. The molecule has 0 saturated heterocycles. The SMILES string of the molecule is Cc1ccc2c(sc3c4ccccc4sc23)c1-c1cncc[n+]1C. The van der Waals surface area contributed by atoms with Gasteiger partial charge in [0.1, 0.15) is 7.05 Å². The Balaban J connectivity index is 1.96. The second-order valence-corrected chi connectivity index (χ2v) is 8.14. The average Bonchev–Trinajstić information content (AvgIpc) is 3.12. The number of aryl methyl sites for hydroxylation is 2. The summed E-state index contributed by atoms with van der Waals surface area (Å²) < 4.78 is 7.70. The van der Waals surface area contributed by atoms with Crippen LogP contribution in [0.1, 0.15) is 5.56 Å². The fraction of sp³-hybridized carbons (Fsp3) is 0.100. The van der Waals surface area contributed by atoms with Crippen LogP contribution in [-0.2, 0) is 7.05 Å². The number of rotatable bonds is 1. The van der Waals surface area contributed by atoms with Crippen molar-refractivity contribution in [3.63, 3.8) is 0 Å². The van der Waals surface area contributed by atoms with Crippen molar-refractivity contribution < 1.29 is 4.57 Å². The van der Waals surface area contributed by atoms with Crippen LogP contribution >= 0.6 is 22.7 Å². The molecule has 0 amide bonds. The molecule has 0 radical (unpaired) electrons. The lowest BCUT2D eigenvalue weighted by Crippen LogP contribution is -2.30. The molecule has 4 heteroatoms. The number of thiophene rings is 2. The van der Waals surface area contributed by atoms with Crippen molar-refractivity contribution >= 4 is 52.2 Å². The van der Waals surface area contributed by atoms with Gasteiger partial charge in [-0.2, -0.15) is 4.57 Å². The lowest BCUT2D eigenvalue weighted by atomic mass is 10.0. The Kier molecular flexibility index (Phi) is 2.99. The maximum atomic E-state index is 4.35. The minimum atomic E-state index is 1.17. The third-order valence-electron chi connectivity index (χ3n) is 4.57. The normalized spacial score (nSPS) is 11.8. The number of benzene rings is 2. The first kappa shape index (κ1) is 14.1. The molecule has 0 saturated carbocycles. The van der Waals surface area contributed by atoms with E-state index in [4.69, 9.17) is 0 Å². The molecule has 5 rings (SSSR count). The second kappa shape index (κ2) is 5.10. The highest BCUT2D eigenvalue weighted by atomic mass is 32.1. The molecule has 2 aromatic carbocycles. The molecule has 116 valence electrons. The van der Waals surface area contributed by atoms with Crippen LogP contribution in [0.2, 0.25) is 0 Å². The topological polar surface area (TPSA) is 16.8 Å². The van der Waals surface area contributed by atoms with E-state index in [0.717, 1.165) is 0 Å². The smallest absolute Gasteiger partial charge is 0.232 e. The minimum absolute atomic E-state index is 1.17. The molecule has 0 atom stereocenters. The van der Waals surface area contributed by atoms with Gasteiger partial charge in [0.05, 0.1) is 32.1 Å². The molecule has 0 spiro atoms. The van der Waals surface area contributed by atoms with E-state index >= 15 is 0 Å². The van der Waals surface area contributed by atoms with E-state index in [9.17, 15) is 0 Å². The quantitative estimate of drug-likeness (QED) is 0.368. The Morgan fingerprint density at radius 3 is 2.62 bits per heavy atom. The highest BCUT2D eigenvalue weighted by Crippen LogP contribution is 2.47. The van der Waals surface area contributed by atoms with Crippen LogP contribution in [0, 0.1) is 6.92 Å². The van der Waals surface area contributed by atoms with Crippen molar-refractivity contribution in [1.82, 2.24) is 4.98 Å². The Morgan fingerprint density at radius 2 is 1.75 bits per heavy atom. The Bertz CT molecular complexity index is 1230. The third-order valence-corrected chi connectivity index (χ3v) is 7.16. The molecule has 3 aromatic heterocycles. The number of hydrogen-bond acceptors (Lipinski definition) is 3. The van der Waals surface area contributed by atoms with Gasteiger partial charge in [-0.1, -0.05) is 30.3 Å². The van der Waals surface area contributed by atoms with Crippen LogP contribution in [0.25, 0.3) is 40.8 Å². The molecule has 0 unspecified atom stereocenters. The summed E-state index contributed by atoms with van der Waals surface area (Å²) in [6.07, 6.45) is 5.81. The first-order valence-corrected chi connectivity index (χ1v) is 9.50. The van der Waals surface area contributed by atoms with Crippen LogP contribution in [0.5, 0.6) is 0 Å². The van der Waals surface area contributed by atoms with Crippen molar-refractivity contribution in [3.8, 4) is 11.3 Å². The minimum Gasteiger partial charge on any atom is -0.252 e. The molecule has 3 heterocycles. The average molecular weight is 347 g/mol. The van der Waals surface area contributed by atoms with Crippen LogP contribution in [0.3, 0.4) is 0 Å². The van der Waals surface area contributed by atoms with Crippen LogP contribution < -0.4 is 4.57 Å². The van der Waals surface area contributed by atoms with E-state index in [1.807, 2.05) is 41.3 Å². The van der Waals surface area contributed by atoms with Crippen LogP contribution in [0.15, 0.2) is 55.0 Å². The molecular weight excluding hydrogens is 332 g/mol. The van der Waals surface area contributed by atoms with E-state index < -0.39 is 0 Å². The highest BCUT2D eigenvalue weighted by molar-refractivity contribution is 7.36. The van der Waals surface area contributed by atoms with Crippen molar-refractivity contribution in [2.45, 2.75) is 6.92 Å². The summed E-state index contributed by atoms with van der Waals surface area (Å²) in [5.41, 5.74) is 3.77. The second-order valence-electron chi connectivity index (χ2n) is 6.07. The number of fused-ring (bicyclic) bond motifs is 5. The van der Waals surface area contributed by atoms with Gasteiger partial charge in [-0.25, -0.2) is 0 Å². The van der Waals surface area contributed by atoms with Crippen molar-refractivity contribution in [2.75, 3.05) is 0 Å². The lowest BCUT2D eigenvalue weighted by Gasteiger charge is -2.05. The summed E-state index contributed by atoms with van der Waals surface area (Å²) in [4.78, 5) is 4.35. The van der Waals surface area contributed by atoms with Gasteiger partial charge in [-0.05, 0) is 18.6 Å². The van der Waals surface area contributed by atoms with E-state index in [2.05, 4.69) is 59.9 Å². The Morgan fingerprint density at radius 1 is 0.917 bits per heavy atom. The Hall–Kier alpha value is -2.30. The van der Waals surface area contributed by atoms with E-state index in [1.165, 1.54) is 46.4 Å². The van der Waals surface area contributed by atoms with Gasteiger partial charge in [-0.15, -0.1) is 22.7 Å². The molecule has 0 aliphatic rings. The van der Waals surface area contributed by atoms with E-state index in [0.29, 0.717) is 0 Å². The standard InChI is InChI=1S/C20H15N2S2/c1-12-7-8-14-18(17(12)15-11-21-9-10-22(15)2)24-19-13-5-3-4-6-16(13)23-20(14)19/h3-11H,1-2H3/q+1. The predicted molar refractivity (Wildman–Crippen MR) is 104 cm³/mol. The van der Waals surface area contributed by atoms with Gasteiger partial charge in [0.2, 0.25) is 5.69 Å². The first-order valence-electron chi connectivity index (χ1n) is 7.87. The zero-order chi connectivity index (χ0) is 16.3. The molecule has 24 heavy (non-hydrogen) atoms. The van der Waals surface area contributed by atoms with Crippen LogP contribution in [-0.4, -0.2) is 4.98 Å². The summed E-state index contributed by atoms with van der Waals surface area (Å²) in [5.74, 6) is 0. The summed E-state index contributed by atoms with van der Waals surface area (Å²) in [6.45, 7) is 2.19. The summed E-state index contributed by atoms with van der Waals surface area (Å²) >= 11 is 3.81.